The van der Waals surface area contributed by atoms with Crippen molar-refractivity contribution >= 4 is 35.7 Å². The third kappa shape index (κ3) is 3.63. The highest BCUT2D eigenvalue weighted by molar-refractivity contribution is 6.50. The van der Waals surface area contributed by atoms with Gasteiger partial charge in [0.05, 0.1) is 29.0 Å². The van der Waals surface area contributed by atoms with E-state index < -0.39 is 12.1 Å². The molecule has 7 rings (SSSR count). The summed E-state index contributed by atoms with van der Waals surface area (Å²) >= 11 is 0. The molecule has 2 N–H and O–H groups in total. The molecule has 1 radical (unpaired) electrons. The van der Waals surface area contributed by atoms with Crippen LogP contribution in [0.1, 0.15) is 22.8 Å². The second-order valence-corrected chi connectivity index (χ2v) is 9.56. The van der Waals surface area contributed by atoms with E-state index in [2.05, 4.69) is 5.32 Å². The van der Waals surface area contributed by atoms with Crippen molar-refractivity contribution in [2.45, 2.75) is 25.6 Å². The van der Waals surface area contributed by atoms with Gasteiger partial charge in [-0.1, -0.05) is 12.1 Å². The third-order valence-electron chi connectivity index (χ3n) is 7.29. The Bertz CT molecular complexity index is 1880. The number of anilines is 1. The van der Waals surface area contributed by atoms with Crippen LogP contribution in [0.15, 0.2) is 47.3 Å². The number of aliphatic hydroxyl groups excluding tert-OH is 1. The van der Waals surface area contributed by atoms with Crippen molar-refractivity contribution in [1.29, 1.82) is 5.26 Å². The summed E-state index contributed by atoms with van der Waals surface area (Å²) in [4.78, 5) is 42.5. The molecule has 2 aromatic heterocycles. The number of nitrogens with one attached hydrogen (secondary N) is 1. The minimum atomic E-state index is -1.55. The molecule has 4 aromatic rings. The molecule has 1 amide bonds. The summed E-state index contributed by atoms with van der Waals surface area (Å²) in [5, 5.41) is 22.7. The second kappa shape index (κ2) is 8.96. The molecule has 195 valence electrons. The molecule has 0 unspecified atom stereocenters. The lowest BCUT2D eigenvalue weighted by Crippen LogP contribution is -2.32. The van der Waals surface area contributed by atoms with E-state index in [1.165, 1.54) is 7.28 Å². The van der Waals surface area contributed by atoms with E-state index in [0.717, 1.165) is 22.1 Å². The number of aromatic nitrogens is 2. The van der Waals surface area contributed by atoms with Gasteiger partial charge in [-0.05, 0) is 41.4 Å². The molecular formula is C28H18BN4O7. The summed E-state index contributed by atoms with van der Waals surface area (Å²) in [5.74, 6) is 1.86. The van der Waals surface area contributed by atoms with E-state index in [1.807, 2.05) is 24.2 Å². The molecule has 11 nitrogen and oxygen atoms in total. The highest BCUT2D eigenvalue weighted by atomic mass is 16.7. The highest BCUT2D eigenvalue weighted by Gasteiger charge is 2.35. The maximum atomic E-state index is 13.5. The first-order chi connectivity index (χ1) is 19.4. The zero-order valence-corrected chi connectivity index (χ0v) is 20.8. The molecule has 12 heteroatoms. The molecule has 2 aromatic carbocycles. The Labute approximate surface area is 226 Å². The maximum absolute atomic E-state index is 13.5. The Hall–Kier alpha value is -5.15. The molecule has 0 saturated carbocycles. The Morgan fingerprint density at radius 3 is 2.67 bits per heavy atom. The molecule has 3 aliphatic heterocycles. The molecule has 0 fully saturated rings. The van der Waals surface area contributed by atoms with Crippen LogP contribution in [0.25, 0.3) is 33.4 Å². The SMILES string of the molecule is N#C[B]CC(=O)Nc1ccc(-c2c3c(nc4cc5c(cc24)OCO5)-c2cc4c(c(=O)n2C3)COC(=O)[C@H]4O)cc1. The minimum absolute atomic E-state index is 0.0176. The van der Waals surface area contributed by atoms with Crippen molar-refractivity contribution in [1.82, 2.24) is 9.55 Å². The standard InChI is InChI=1S/C28H18BN4O7/c30-11-29-8-23(34)31-14-3-1-13(2-4-14)24-16-6-21-22(40-12-39-21)7-19(16)32-25-17(24)9-33-20(25)5-15-18(27(33)36)10-38-28(37)26(15)35/h1-7,26,35H,8-10,12H2,(H,31,34)/t26-/m0/s1. The van der Waals surface area contributed by atoms with Crippen LogP contribution in [0.3, 0.4) is 0 Å². The fraction of sp³-hybridized carbons (Fsp3) is 0.179. The van der Waals surface area contributed by atoms with Crippen molar-refractivity contribution in [3.05, 3.63) is 69.5 Å². The zero-order chi connectivity index (χ0) is 27.5. The number of esters is 1. The van der Waals surface area contributed by atoms with Crippen LogP contribution in [0, 0.1) is 11.2 Å². The number of cyclic esters (lactones) is 1. The molecule has 0 saturated heterocycles. The van der Waals surface area contributed by atoms with Crippen molar-refractivity contribution in [3.63, 3.8) is 0 Å². The van der Waals surface area contributed by atoms with Gasteiger partial charge in [0.25, 0.3) is 12.8 Å². The molecule has 40 heavy (non-hydrogen) atoms. The van der Waals surface area contributed by atoms with E-state index in [9.17, 15) is 19.5 Å². The van der Waals surface area contributed by atoms with Crippen LogP contribution in [0.4, 0.5) is 5.69 Å². The number of aliphatic hydroxyl groups is 1. The number of pyridine rings is 2. The second-order valence-electron chi connectivity index (χ2n) is 9.56. The summed E-state index contributed by atoms with van der Waals surface area (Å²) in [6.07, 6.45) is -1.57. The Balaban J connectivity index is 1.40. The number of hydrogen-bond acceptors (Lipinski definition) is 9. The fourth-order valence-corrected chi connectivity index (χ4v) is 5.42. The molecule has 3 aliphatic rings. The number of nitrogens with zero attached hydrogens (tertiary/aromatic N) is 3. The lowest BCUT2D eigenvalue weighted by molar-refractivity contribution is -0.157. The van der Waals surface area contributed by atoms with Crippen molar-refractivity contribution in [2.24, 2.45) is 0 Å². The molecule has 1 atom stereocenters. The maximum Gasteiger partial charge on any atom is 0.340 e. The molecule has 5 heterocycles. The van der Waals surface area contributed by atoms with Gasteiger partial charge < -0.3 is 29.2 Å². The van der Waals surface area contributed by atoms with Crippen LogP contribution in [0.5, 0.6) is 11.5 Å². The van der Waals surface area contributed by atoms with E-state index in [4.69, 9.17) is 24.5 Å². The largest absolute Gasteiger partial charge is 0.458 e. The van der Waals surface area contributed by atoms with Gasteiger partial charge in [-0.3, -0.25) is 9.59 Å². The summed E-state index contributed by atoms with van der Waals surface area (Å²) in [5.41, 5.74) is 4.76. The van der Waals surface area contributed by atoms with Gasteiger partial charge in [0.15, 0.2) is 17.6 Å². The first-order valence-corrected chi connectivity index (χ1v) is 12.4. The zero-order valence-electron chi connectivity index (χ0n) is 20.8. The smallest absolute Gasteiger partial charge is 0.340 e. The lowest BCUT2D eigenvalue weighted by Gasteiger charge is -2.21. The highest BCUT2D eigenvalue weighted by Crippen LogP contribution is 2.45. The van der Waals surface area contributed by atoms with Gasteiger partial charge in [-0.15, -0.1) is 0 Å². The van der Waals surface area contributed by atoms with Gasteiger partial charge in [-0.25, -0.2) is 15.0 Å². The molecule has 0 aliphatic carbocycles. The Morgan fingerprint density at radius 2 is 1.90 bits per heavy atom. The number of ether oxygens (including phenoxy) is 3. The number of benzene rings is 2. The summed E-state index contributed by atoms with van der Waals surface area (Å²) < 4.78 is 17.8. The number of amides is 1. The van der Waals surface area contributed by atoms with E-state index in [-0.39, 0.29) is 48.9 Å². The average Bonchev–Trinajstić information content (AvgIpc) is 3.56. The number of rotatable bonds is 4. The molecule has 0 bridgehead atoms. The number of nitriles is 1. The number of carbonyl (C=O) groups is 2. The molecule has 0 spiro atoms. The van der Waals surface area contributed by atoms with E-state index in [0.29, 0.717) is 34.1 Å². The lowest BCUT2D eigenvalue weighted by atomic mass is 9.77. The van der Waals surface area contributed by atoms with Crippen LogP contribution in [-0.4, -0.2) is 40.6 Å². The van der Waals surface area contributed by atoms with E-state index >= 15 is 0 Å². The van der Waals surface area contributed by atoms with Gasteiger partial charge in [0.1, 0.15) is 6.61 Å². The topological polar surface area (TPSA) is 153 Å². The number of carbonyl (C=O) groups excluding carboxylic acids is 2. The monoisotopic (exact) mass is 533 g/mol. The van der Waals surface area contributed by atoms with Crippen molar-refractivity contribution in [2.75, 3.05) is 12.1 Å². The van der Waals surface area contributed by atoms with Gasteiger partial charge in [0.2, 0.25) is 12.7 Å². The number of hydrogen-bond donors (Lipinski definition) is 2. The average molecular weight is 533 g/mol. The predicted molar refractivity (Wildman–Crippen MR) is 142 cm³/mol. The Kier molecular flexibility index (Phi) is 5.36. The summed E-state index contributed by atoms with van der Waals surface area (Å²) in [6.45, 7) is 0.107. The van der Waals surface area contributed by atoms with Crippen molar-refractivity contribution < 1.29 is 28.9 Å². The van der Waals surface area contributed by atoms with Crippen molar-refractivity contribution in [3.8, 4) is 40.0 Å². The van der Waals surface area contributed by atoms with E-state index in [1.54, 1.807) is 28.8 Å². The first kappa shape index (κ1) is 23.9. The summed E-state index contributed by atoms with van der Waals surface area (Å²) in [6, 6.07) is 12.5. The summed E-state index contributed by atoms with van der Waals surface area (Å²) in [7, 11) is 1.22. The van der Waals surface area contributed by atoms with Gasteiger partial charge in [-0.2, -0.15) is 0 Å². The quantitative estimate of drug-likeness (QED) is 0.262. The normalized spacial score (nSPS) is 16.0. The predicted octanol–water partition coefficient (Wildman–Crippen LogP) is 2.45. The third-order valence-corrected chi connectivity index (χ3v) is 7.29. The van der Waals surface area contributed by atoms with Crippen LogP contribution < -0.4 is 20.3 Å². The van der Waals surface area contributed by atoms with Gasteiger partial charge >= 0.3 is 5.97 Å². The molecular weight excluding hydrogens is 515 g/mol. The van der Waals surface area contributed by atoms with Crippen LogP contribution in [-0.2, 0) is 27.5 Å². The van der Waals surface area contributed by atoms with Gasteiger partial charge in [0, 0.05) is 34.6 Å². The van der Waals surface area contributed by atoms with Crippen LogP contribution >= 0.6 is 0 Å². The number of fused-ring (bicyclic) bond motifs is 6. The first-order valence-electron chi connectivity index (χ1n) is 12.4. The Morgan fingerprint density at radius 1 is 1.12 bits per heavy atom. The van der Waals surface area contributed by atoms with Crippen LogP contribution in [0.2, 0.25) is 6.32 Å². The minimum Gasteiger partial charge on any atom is -0.458 e. The fourth-order valence-electron chi connectivity index (χ4n) is 5.42.